The van der Waals surface area contributed by atoms with Crippen LogP contribution in [0.4, 0.5) is 5.69 Å². The standard InChI is InChI=1S/C19H21N7O/c1-9-10(2)23-24-17(9)19(27)21-14-6-13-7-15(22-18(13)20-8-14)16-11(3)25-26(5)12(16)4/h6-8H,1-5H3,(H,20,22)(H,21,27)(H,23,24). The maximum Gasteiger partial charge on any atom is 0.276 e. The van der Waals surface area contributed by atoms with Crippen LogP contribution < -0.4 is 5.32 Å². The SMILES string of the molecule is Cc1nn(C)c(C)c1-c1cc2cc(NC(=O)c3n[nH]c(C)c3C)cnc2[nH]1. The first-order valence-corrected chi connectivity index (χ1v) is 8.67. The lowest BCUT2D eigenvalue weighted by atomic mass is 10.1. The summed E-state index contributed by atoms with van der Waals surface area (Å²) >= 11 is 0. The van der Waals surface area contributed by atoms with Crippen LogP contribution in [0.25, 0.3) is 22.3 Å². The fourth-order valence-corrected chi connectivity index (χ4v) is 3.28. The summed E-state index contributed by atoms with van der Waals surface area (Å²) in [6.45, 7) is 7.78. The fourth-order valence-electron chi connectivity index (χ4n) is 3.28. The van der Waals surface area contributed by atoms with Gasteiger partial charge in [0.05, 0.1) is 23.3 Å². The Morgan fingerprint density at radius 2 is 1.96 bits per heavy atom. The van der Waals surface area contributed by atoms with E-state index in [1.54, 1.807) is 6.20 Å². The molecular weight excluding hydrogens is 342 g/mol. The molecule has 0 aliphatic carbocycles. The van der Waals surface area contributed by atoms with Gasteiger partial charge in [-0.3, -0.25) is 14.6 Å². The number of aromatic nitrogens is 6. The lowest BCUT2D eigenvalue weighted by Crippen LogP contribution is -2.13. The van der Waals surface area contributed by atoms with Gasteiger partial charge in [0.25, 0.3) is 5.91 Å². The average Bonchev–Trinajstić information content (AvgIpc) is 3.25. The van der Waals surface area contributed by atoms with E-state index in [9.17, 15) is 4.79 Å². The van der Waals surface area contributed by atoms with Crippen LogP contribution in [0.5, 0.6) is 0 Å². The third-order valence-electron chi connectivity index (χ3n) is 4.97. The highest BCUT2D eigenvalue weighted by Crippen LogP contribution is 2.29. The van der Waals surface area contributed by atoms with E-state index < -0.39 is 0 Å². The summed E-state index contributed by atoms with van der Waals surface area (Å²) in [5.74, 6) is -0.257. The van der Waals surface area contributed by atoms with Crippen LogP contribution in [0, 0.1) is 27.7 Å². The largest absolute Gasteiger partial charge is 0.339 e. The van der Waals surface area contributed by atoms with Crippen LogP contribution in [0.2, 0.25) is 0 Å². The molecule has 0 saturated carbocycles. The van der Waals surface area contributed by atoms with Crippen molar-refractivity contribution in [2.45, 2.75) is 27.7 Å². The zero-order valence-corrected chi connectivity index (χ0v) is 15.9. The molecule has 4 aromatic rings. The minimum atomic E-state index is -0.257. The molecule has 0 spiro atoms. The molecule has 0 aliphatic heterocycles. The quantitative estimate of drug-likeness (QED) is 0.520. The van der Waals surface area contributed by atoms with Gasteiger partial charge in [-0.25, -0.2) is 4.98 Å². The summed E-state index contributed by atoms with van der Waals surface area (Å²) in [5, 5.41) is 15.1. The van der Waals surface area contributed by atoms with E-state index in [1.807, 2.05) is 51.6 Å². The molecule has 0 saturated heterocycles. The monoisotopic (exact) mass is 363 g/mol. The minimum absolute atomic E-state index is 0.257. The molecule has 4 heterocycles. The Kier molecular flexibility index (Phi) is 3.83. The van der Waals surface area contributed by atoms with Crippen LogP contribution in [-0.2, 0) is 7.05 Å². The number of pyridine rings is 1. The smallest absolute Gasteiger partial charge is 0.276 e. The molecule has 0 unspecified atom stereocenters. The molecule has 0 radical (unpaired) electrons. The lowest BCUT2D eigenvalue weighted by molar-refractivity contribution is 0.102. The van der Waals surface area contributed by atoms with Gasteiger partial charge in [-0.15, -0.1) is 0 Å². The van der Waals surface area contributed by atoms with E-state index >= 15 is 0 Å². The third-order valence-corrected chi connectivity index (χ3v) is 4.97. The first-order valence-electron chi connectivity index (χ1n) is 8.67. The molecule has 0 aliphatic rings. The van der Waals surface area contributed by atoms with Crippen LogP contribution >= 0.6 is 0 Å². The number of amides is 1. The molecule has 8 heteroatoms. The molecule has 27 heavy (non-hydrogen) atoms. The van der Waals surface area contributed by atoms with Crippen molar-refractivity contribution in [3.63, 3.8) is 0 Å². The van der Waals surface area contributed by atoms with Gasteiger partial charge in [-0.1, -0.05) is 0 Å². The Morgan fingerprint density at radius 3 is 2.59 bits per heavy atom. The second-order valence-corrected chi connectivity index (χ2v) is 6.79. The Hall–Kier alpha value is -3.42. The van der Waals surface area contributed by atoms with Gasteiger partial charge in [-0.05, 0) is 39.8 Å². The van der Waals surface area contributed by atoms with E-state index in [0.29, 0.717) is 11.4 Å². The maximum atomic E-state index is 12.5. The Bertz CT molecular complexity index is 1180. The summed E-state index contributed by atoms with van der Waals surface area (Å²) in [6, 6.07) is 3.93. The molecule has 0 fully saturated rings. The molecule has 0 bridgehead atoms. The van der Waals surface area contributed by atoms with Gasteiger partial charge in [0.2, 0.25) is 0 Å². The highest BCUT2D eigenvalue weighted by molar-refractivity contribution is 6.04. The second-order valence-electron chi connectivity index (χ2n) is 6.79. The maximum absolute atomic E-state index is 12.5. The second kappa shape index (κ2) is 6.08. The van der Waals surface area contributed by atoms with Crippen LogP contribution in [0.1, 0.15) is 33.1 Å². The van der Waals surface area contributed by atoms with Gasteiger partial charge in [0.1, 0.15) is 5.65 Å². The van der Waals surface area contributed by atoms with Crippen LogP contribution in [0.3, 0.4) is 0 Å². The number of hydrogen-bond acceptors (Lipinski definition) is 4. The Labute approximate surface area is 156 Å². The number of rotatable bonds is 3. The number of nitrogens with zero attached hydrogens (tertiary/aromatic N) is 4. The molecule has 1 amide bonds. The normalized spacial score (nSPS) is 11.3. The Balaban J connectivity index is 1.67. The summed E-state index contributed by atoms with van der Waals surface area (Å²) in [5.41, 5.74) is 7.57. The van der Waals surface area contributed by atoms with Crippen molar-refractivity contribution in [3.8, 4) is 11.3 Å². The van der Waals surface area contributed by atoms with Crippen molar-refractivity contribution in [2.24, 2.45) is 7.05 Å². The van der Waals surface area contributed by atoms with E-state index in [2.05, 4.69) is 30.6 Å². The van der Waals surface area contributed by atoms with Gasteiger partial charge in [0, 0.05) is 34.9 Å². The number of anilines is 1. The summed E-state index contributed by atoms with van der Waals surface area (Å²) < 4.78 is 1.86. The first kappa shape index (κ1) is 17.0. The summed E-state index contributed by atoms with van der Waals surface area (Å²) in [7, 11) is 1.93. The molecule has 0 aromatic carbocycles. The van der Waals surface area contributed by atoms with Crippen molar-refractivity contribution in [2.75, 3.05) is 5.32 Å². The summed E-state index contributed by atoms with van der Waals surface area (Å²) in [6.07, 6.45) is 1.64. The highest BCUT2D eigenvalue weighted by Gasteiger charge is 2.17. The fraction of sp³-hybridized carbons (Fsp3) is 0.263. The first-order chi connectivity index (χ1) is 12.8. The van der Waals surface area contributed by atoms with Crippen molar-refractivity contribution in [1.82, 2.24) is 29.9 Å². The molecule has 138 valence electrons. The molecule has 4 aromatic heterocycles. The number of fused-ring (bicyclic) bond motifs is 1. The molecular formula is C19H21N7O. The van der Waals surface area contributed by atoms with Gasteiger partial charge >= 0.3 is 0 Å². The van der Waals surface area contributed by atoms with E-state index in [1.165, 1.54) is 0 Å². The number of hydrogen-bond donors (Lipinski definition) is 3. The van der Waals surface area contributed by atoms with Crippen LogP contribution in [-0.4, -0.2) is 35.9 Å². The van der Waals surface area contributed by atoms with E-state index in [0.717, 1.165) is 44.9 Å². The Morgan fingerprint density at radius 1 is 1.19 bits per heavy atom. The van der Waals surface area contributed by atoms with Crippen molar-refractivity contribution in [3.05, 3.63) is 46.7 Å². The zero-order valence-electron chi connectivity index (χ0n) is 15.9. The number of aromatic amines is 2. The molecule has 0 atom stereocenters. The zero-order chi connectivity index (χ0) is 19.3. The topological polar surface area (TPSA) is 104 Å². The average molecular weight is 363 g/mol. The molecule has 8 nitrogen and oxygen atoms in total. The predicted octanol–water partition coefficient (Wildman–Crippen LogP) is 3.17. The van der Waals surface area contributed by atoms with E-state index in [4.69, 9.17) is 0 Å². The van der Waals surface area contributed by atoms with Gasteiger partial charge in [-0.2, -0.15) is 10.2 Å². The van der Waals surface area contributed by atoms with Crippen LogP contribution in [0.15, 0.2) is 18.3 Å². The third kappa shape index (κ3) is 2.79. The molecule has 3 N–H and O–H groups in total. The van der Waals surface area contributed by atoms with Gasteiger partial charge in [0.15, 0.2) is 5.69 Å². The van der Waals surface area contributed by atoms with Crippen molar-refractivity contribution >= 4 is 22.6 Å². The number of H-pyrrole nitrogens is 2. The van der Waals surface area contributed by atoms with E-state index in [-0.39, 0.29) is 5.91 Å². The van der Waals surface area contributed by atoms with Crippen molar-refractivity contribution < 1.29 is 4.79 Å². The molecule has 4 rings (SSSR count). The van der Waals surface area contributed by atoms with Crippen molar-refractivity contribution in [1.29, 1.82) is 0 Å². The number of aryl methyl sites for hydroxylation is 3. The number of carbonyl (C=O) groups excluding carboxylic acids is 1. The summed E-state index contributed by atoms with van der Waals surface area (Å²) in [4.78, 5) is 20.2. The van der Waals surface area contributed by atoms with Gasteiger partial charge < -0.3 is 10.3 Å². The minimum Gasteiger partial charge on any atom is -0.339 e. The number of nitrogens with one attached hydrogen (secondary N) is 3. The highest BCUT2D eigenvalue weighted by atomic mass is 16.1. The lowest BCUT2D eigenvalue weighted by Gasteiger charge is -2.03. The predicted molar refractivity (Wildman–Crippen MR) is 104 cm³/mol. The number of carbonyl (C=O) groups is 1.